The Morgan fingerprint density at radius 3 is 1.53 bits per heavy atom. The van der Waals surface area contributed by atoms with Crippen LogP contribution in [0.3, 0.4) is 0 Å². The van der Waals surface area contributed by atoms with Gasteiger partial charge in [0.2, 0.25) is 5.91 Å². The molecule has 302 valence electrons. The molecule has 0 aromatic rings. The standard InChI is InChI=1S/C41H84N6O4/c1-32(33(46-40(8,9)10)22-16-19-27-43-38(2,3)4)42-26-18-15-23-34(36(48)25-21-29-51-31-30-50-14)45-37(49)35(47-41(11,12)13)24-17-20-28-44-39(5,6)7/h33-35,42-44,46-47H,1,15-31H2,2-14H3,(H,45,49). The summed E-state index contributed by atoms with van der Waals surface area (Å²) in [7, 11) is 1.64. The summed E-state index contributed by atoms with van der Waals surface area (Å²) in [6.45, 7) is 34.5. The molecule has 0 saturated heterocycles. The predicted molar refractivity (Wildman–Crippen MR) is 216 cm³/mol. The van der Waals surface area contributed by atoms with Crippen LogP contribution in [0.1, 0.15) is 154 Å². The van der Waals surface area contributed by atoms with Crippen molar-refractivity contribution in [3.05, 3.63) is 12.3 Å². The molecular formula is C41H84N6O4. The fourth-order valence-corrected chi connectivity index (χ4v) is 5.72. The molecule has 0 aromatic carbocycles. The largest absolute Gasteiger partial charge is 0.388 e. The van der Waals surface area contributed by atoms with E-state index in [1.807, 2.05) is 0 Å². The maximum atomic E-state index is 13.7. The van der Waals surface area contributed by atoms with Crippen molar-refractivity contribution in [1.29, 1.82) is 0 Å². The van der Waals surface area contributed by atoms with Crippen LogP contribution < -0.4 is 31.9 Å². The van der Waals surface area contributed by atoms with Gasteiger partial charge in [0.05, 0.1) is 25.3 Å². The molecule has 0 bridgehead atoms. The molecule has 51 heavy (non-hydrogen) atoms. The van der Waals surface area contributed by atoms with Crippen LogP contribution in [0.5, 0.6) is 0 Å². The highest BCUT2D eigenvalue weighted by atomic mass is 16.5. The van der Waals surface area contributed by atoms with E-state index in [0.29, 0.717) is 45.5 Å². The minimum absolute atomic E-state index is 0.0252. The first kappa shape index (κ1) is 49.4. The van der Waals surface area contributed by atoms with Gasteiger partial charge in [0.25, 0.3) is 0 Å². The van der Waals surface area contributed by atoms with Crippen molar-refractivity contribution >= 4 is 11.7 Å². The Balaban J connectivity index is 5.32. The third kappa shape index (κ3) is 30.6. The zero-order valence-electron chi connectivity index (χ0n) is 35.6. The van der Waals surface area contributed by atoms with Gasteiger partial charge in [-0.1, -0.05) is 19.4 Å². The van der Waals surface area contributed by atoms with Crippen molar-refractivity contribution in [2.75, 3.05) is 46.6 Å². The minimum atomic E-state index is -0.525. The molecule has 0 aliphatic carbocycles. The van der Waals surface area contributed by atoms with E-state index in [4.69, 9.17) is 9.47 Å². The maximum Gasteiger partial charge on any atom is 0.237 e. The van der Waals surface area contributed by atoms with Crippen molar-refractivity contribution in [3.8, 4) is 0 Å². The Bertz CT molecular complexity index is 946. The fraction of sp³-hybridized carbons (Fsp3) is 0.902. The molecule has 0 spiro atoms. The number of ketones is 1. The number of amides is 1. The Kier molecular flexibility index (Phi) is 24.7. The quantitative estimate of drug-likeness (QED) is 0.0488. The second kappa shape index (κ2) is 25.5. The van der Waals surface area contributed by atoms with Gasteiger partial charge in [-0.3, -0.25) is 9.59 Å². The summed E-state index contributed by atoms with van der Waals surface area (Å²) in [5.41, 5.74) is 0.954. The molecular weight excluding hydrogens is 640 g/mol. The highest BCUT2D eigenvalue weighted by molar-refractivity contribution is 5.90. The Morgan fingerprint density at radius 1 is 0.569 bits per heavy atom. The first-order valence-electron chi connectivity index (χ1n) is 19.9. The Labute approximate surface area is 314 Å². The van der Waals surface area contributed by atoms with Crippen molar-refractivity contribution in [2.24, 2.45) is 0 Å². The van der Waals surface area contributed by atoms with Crippen LogP contribution in [-0.2, 0) is 19.1 Å². The molecule has 1 amide bonds. The van der Waals surface area contributed by atoms with Crippen molar-refractivity contribution in [3.63, 3.8) is 0 Å². The highest BCUT2D eigenvalue weighted by Crippen LogP contribution is 2.15. The van der Waals surface area contributed by atoms with E-state index in [0.717, 1.165) is 70.3 Å². The monoisotopic (exact) mass is 725 g/mol. The van der Waals surface area contributed by atoms with Gasteiger partial charge >= 0.3 is 0 Å². The topological polar surface area (TPSA) is 125 Å². The molecule has 0 aromatic heterocycles. The number of hydrogen-bond donors (Lipinski definition) is 6. The number of unbranched alkanes of at least 4 members (excludes halogenated alkanes) is 3. The van der Waals surface area contributed by atoms with Crippen LogP contribution >= 0.6 is 0 Å². The van der Waals surface area contributed by atoms with E-state index in [-0.39, 0.29) is 45.9 Å². The van der Waals surface area contributed by atoms with Gasteiger partial charge in [-0.05, 0) is 148 Å². The summed E-state index contributed by atoms with van der Waals surface area (Å²) < 4.78 is 10.6. The van der Waals surface area contributed by atoms with Crippen LogP contribution in [-0.4, -0.2) is 98.5 Å². The van der Waals surface area contributed by atoms with Gasteiger partial charge in [0, 0.05) is 60.6 Å². The van der Waals surface area contributed by atoms with E-state index >= 15 is 0 Å². The number of ether oxygens (including phenoxy) is 2. The number of hydrogen-bond acceptors (Lipinski definition) is 9. The van der Waals surface area contributed by atoms with Crippen LogP contribution in [0, 0.1) is 0 Å². The maximum absolute atomic E-state index is 13.7. The first-order chi connectivity index (χ1) is 23.5. The average molecular weight is 725 g/mol. The lowest BCUT2D eigenvalue weighted by molar-refractivity contribution is -0.129. The van der Waals surface area contributed by atoms with Crippen LogP contribution in [0.2, 0.25) is 0 Å². The molecule has 0 radical (unpaired) electrons. The number of rotatable bonds is 29. The van der Waals surface area contributed by atoms with E-state index < -0.39 is 6.04 Å². The van der Waals surface area contributed by atoms with Crippen LogP contribution in [0.25, 0.3) is 0 Å². The molecule has 3 atom stereocenters. The summed E-state index contributed by atoms with van der Waals surface area (Å²) in [5, 5.41) is 21.1. The van der Waals surface area contributed by atoms with Crippen molar-refractivity contribution in [1.82, 2.24) is 31.9 Å². The number of Topliss-reactive ketones (excluding diaryl/α,β-unsaturated/α-hetero) is 1. The number of nitrogens with one attached hydrogen (secondary N) is 6. The summed E-state index contributed by atoms with van der Waals surface area (Å²) in [6.07, 6.45) is 9.14. The first-order valence-corrected chi connectivity index (χ1v) is 19.9. The lowest BCUT2D eigenvalue weighted by Crippen LogP contribution is -2.54. The smallest absolute Gasteiger partial charge is 0.237 e. The summed E-state index contributed by atoms with van der Waals surface area (Å²) in [4.78, 5) is 27.2. The molecule has 0 saturated carbocycles. The molecule has 10 nitrogen and oxygen atoms in total. The van der Waals surface area contributed by atoms with Gasteiger partial charge < -0.3 is 41.4 Å². The molecule has 3 unspecified atom stereocenters. The van der Waals surface area contributed by atoms with Crippen molar-refractivity contribution < 1.29 is 19.1 Å². The van der Waals surface area contributed by atoms with E-state index in [1.54, 1.807) is 7.11 Å². The number of carbonyl (C=O) groups is 2. The Hall–Kier alpha value is -1.56. The van der Waals surface area contributed by atoms with Crippen LogP contribution in [0.4, 0.5) is 0 Å². The molecule has 0 aliphatic rings. The average Bonchev–Trinajstić information content (AvgIpc) is 2.97. The number of carbonyl (C=O) groups excluding carboxylic acids is 2. The van der Waals surface area contributed by atoms with Gasteiger partial charge in [0.15, 0.2) is 5.78 Å². The second-order valence-corrected chi connectivity index (χ2v) is 18.4. The third-order valence-electron chi connectivity index (χ3n) is 8.22. The van der Waals surface area contributed by atoms with Gasteiger partial charge in [-0.2, -0.15) is 0 Å². The normalized spacial score (nSPS) is 14.6. The second-order valence-electron chi connectivity index (χ2n) is 18.4. The Morgan fingerprint density at radius 2 is 1.04 bits per heavy atom. The molecule has 0 heterocycles. The predicted octanol–water partition coefficient (Wildman–Crippen LogP) is 6.39. The van der Waals surface area contributed by atoms with Gasteiger partial charge in [-0.25, -0.2) is 0 Å². The summed E-state index contributed by atoms with van der Waals surface area (Å²) in [5.74, 6) is -0.0287. The fourth-order valence-electron chi connectivity index (χ4n) is 5.72. The number of methoxy groups -OCH3 is 1. The lowest BCUT2D eigenvalue weighted by atomic mass is 9.99. The molecule has 6 N–H and O–H groups in total. The minimum Gasteiger partial charge on any atom is -0.388 e. The molecule has 0 fully saturated rings. The lowest BCUT2D eigenvalue weighted by Gasteiger charge is -2.31. The van der Waals surface area contributed by atoms with E-state index in [1.165, 1.54) is 0 Å². The van der Waals surface area contributed by atoms with E-state index in [2.05, 4.69) is 122 Å². The SMILES string of the molecule is C=C(NCCCCC(NC(=O)C(CCCCNC(C)(C)C)NC(C)(C)C)C(=O)CCCOCCOC)C(CCCCNC(C)(C)C)NC(C)(C)C. The van der Waals surface area contributed by atoms with Crippen molar-refractivity contribution in [2.45, 2.75) is 194 Å². The zero-order valence-corrected chi connectivity index (χ0v) is 35.6. The summed E-state index contributed by atoms with van der Waals surface area (Å²) in [6, 6.07) is -0.715. The van der Waals surface area contributed by atoms with Gasteiger partial charge in [-0.15, -0.1) is 0 Å². The zero-order chi connectivity index (χ0) is 39.1. The third-order valence-corrected chi connectivity index (χ3v) is 8.22. The van der Waals surface area contributed by atoms with Gasteiger partial charge in [0.1, 0.15) is 0 Å². The van der Waals surface area contributed by atoms with Crippen LogP contribution in [0.15, 0.2) is 12.3 Å². The van der Waals surface area contributed by atoms with E-state index in [9.17, 15) is 9.59 Å². The molecule has 0 aliphatic heterocycles. The highest BCUT2D eigenvalue weighted by Gasteiger charge is 2.28. The summed E-state index contributed by atoms with van der Waals surface area (Å²) >= 11 is 0. The molecule has 10 heteroatoms. The molecule has 0 rings (SSSR count).